The molecule has 0 atom stereocenters. The molecule has 1 aliphatic heterocycles. The lowest BCUT2D eigenvalue weighted by Crippen LogP contribution is -2.47. The number of aryl methyl sites for hydroxylation is 1. The van der Waals surface area contributed by atoms with Crippen molar-refractivity contribution in [3.63, 3.8) is 0 Å². The van der Waals surface area contributed by atoms with Crippen molar-refractivity contribution < 1.29 is 14.3 Å². The Balaban J connectivity index is 1.44. The van der Waals surface area contributed by atoms with Crippen LogP contribution in [-0.4, -0.2) is 72.5 Å². The van der Waals surface area contributed by atoms with Gasteiger partial charge >= 0.3 is 0 Å². The average molecular weight is 506 g/mol. The van der Waals surface area contributed by atoms with Crippen LogP contribution in [0.2, 0.25) is 0 Å². The minimum atomic E-state index is -0.0257. The predicted octanol–water partition coefficient (Wildman–Crippen LogP) is 4.07. The van der Waals surface area contributed by atoms with E-state index in [0.717, 1.165) is 35.6 Å². The third-order valence-electron chi connectivity index (χ3n) is 6.43. The van der Waals surface area contributed by atoms with Crippen LogP contribution in [-0.2, 0) is 33.8 Å². The molecule has 1 aromatic heterocycles. The molecule has 6 nitrogen and oxygen atoms in total. The monoisotopic (exact) mass is 505 g/mol. The Kier molecular flexibility index (Phi) is 10.1. The largest absolute Gasteiger partial charge is 0.379 e. The van der Waals surface area contributed by atoms with Crippen molar-refractivity contribution in [2.24, 2.45) is 0 Å². The Hall–Kier alpha value is -3.00. The van der Waals surface area contributed by atoms with Crippen molar-refractivity contribution in [3.05, 3.63) is 94.2 Å². The molecule has 1 saturated heterocycles. The van der Waals surface area contributed by atoms with Gasteiger partial charge in [0.15, 0.2) is 0 Å². The lowest BCUT2D eigenvalue weighted by molar-refractivity contribution is -0.141. The number of morpholine rings is 1. The summed E-state index contributed by atoms with van der Waals surface area (Å²) < 4.78 is 5.46. The van der Waals surface area contributed by atoms with Gasteiger partial charge in [-0.15, -0.1) is 11.3 Å². The van der Waals surface area contributed by atoms with Crippen LogP contribution in [0.4, 0.5) is 0 Å². The van der Waals surface area contributed by atoms with Gasteiger partial charge in [-0.1, -0.05) is 66.7 Å². The smallest absolute Gasteiger partial charge is 0.242 e. The number of hydrogen-bond acceptors (Lipinski definition) is 5. The van der Waals surface area contributed by atoms with E-state index in [2.05, 4.69) is 11.0 Å². The second kappa shape index (κ2) is 13.9. The Morgan fingerprint density at radius 2 is 1.50 bits per heavy atom. The molecule has 0 spiro atoms. The molecule has 2 heterocycles. The number of carbonyl (C=O) groups is 2. The lowest BCUT2D eigenvalue weighted by atomic mass is 10.1. The van der Waals surface area contributed by atoms with E-state index in [1.165, 1.54) is 0 Å². The van der Waals surface area contributed by atoms with Gasteiger partial charge in [0.1, 0.15) is 0 Å². The van der Waals surface area contributed by atoms with Crippen molar-refractivity contribution in [2.45, 2.75) is 25.9 Å². The standard InChI is InChI=1S/C29H35N3O3S/c33-28(14-13-25-8-3-1-4-9-25)31(16-15-30-17-19-35-20-18-30)24-29(34)32(23-27-12-7-21-36-27)22-26-10-5-2-6-11-26/h1-12,21H,13-20,22-24H2. The van der Waals surface area contributed by atoms with Crippen LogP contribution >= 0.6 is 11.3 Å². The summed E-state index contributed by atoms with van der Waals surface area (Å²) in [6, 6.07) is 24.1. The maximum absolute atomic E-state index is 13.6. The van der Waals surface area contributed by atoms with E-state index in [4.69, 9.17) is 4.74 Å². The van der Waals surface area contributed by atoms with Crippen molar-refractivity contribution in [3.8, 4) is 0 Å². The van der Waals surface area contributed by atoms with Gasteiger partial charge in [-0.05, 0) is 29.0 Å². The van der Waals surface area contributed by atoms with Crippen LogP contribution in [0, 0.1) is 0 Å². The number of hydrogen-bond donors (Lipinski definition) is 0. The van der Waals surface area contributed by atoms with Crippen molar-refractivity contribution >= 4 is 23.2 Å². The molecule has 1 fully saturated rings. The highest BCUT2D eigenvalue weighted by molar-refractivity contribution is 7.09. The molecule has 0 N–H and O–H groups in total. The van der Waals surface area contributed by atoms with Gasteiger partial charge in [0.2, 0.25) is 11.8 Å². The number of nitrogens with zero attached hydrogens (tertiary/aromatic N) is 3. The molecule has 0 unspecified atom stereocenters. The fourth-order valence-electron chi connectivity index (χ4n) is 4.32. The molecule has 1 aliphatic rings. The number of rotatable bonds is 12. The van der Waals surface area contributed by atoms with Crippen LogP contribution in [0.3, 0.4) is 0 Å². The minimum Gasteiger partial charge on any atom is -0.379 e. The first-order valence-corrected chi connectivity index (χ1v) is 13.5. The van der Waals surface area contributed by atoms with Crippen molar-refractivity contribution in [1.82, 2.24) is 14.7 Å². The highest BCUT2D eigenvalue weighted by Crippen LogP contribution is 2.16. The maximum atomic E-state index is 13.6. The van der Waals surface area contributed by atoms with E-state index in [1.54, 1.807) is 16.2 Å². The molecule has 0 saturated carbocycles. The second-order valence-corrected chi connectivity index (χ2v) is 10.1. The summed E-state index contributed by atoms with van der Waals surface area (Å²) in [6.45, 7) is 5.59. The summed E-state index contributed by atoms with van der Waals surface area (Å²) in [5.74, 6) is -0.00135. The summed E-state index contributed by atoms with van der Waals surface area (Å²) >= 11 is 1.65. The molecule has 4 rings (SSSR count). The minimum absolute atomic E-state index is 0.0243. The Labute approximate surface area is 218 Å². The number of thiophene rings is 1. The summed E-state index contributed by atoms with van der Waals surface area (Å²) in [6.07, 6.45) is 1.06. The molecule has 36 heavy (non-hydrogen) atoms. The second-order valence-electron chi connectivity index (χ2n) is 9.07. The summed E-state index contributed by atoms with van der Waals surface area (Å²) in [7, 11) is 0. The lowest BCUT2D eigenvalue weighted by Gasteiger charge is -2.31. The van der Waals surface area contributed by atoms with Gasteiger partial charge < -0.3 is 14.5 Å². The zero-order chi connectivity index (χ0) is 25.0. The Morgan fingerprint density at radius 1 is 0.806 bits per heavy atom. The zero-order valence-corrected chi connectivity index (χ0v) is 21.6. The first-order valence-electron chi connectivity index (χ1n) is 12.6. The highest BCUT2D eigenvalue weighted by atomic mass is 32.1. The molecule has 2 aromatic carbocycles. The van der Waals surface area contributed by atoms with Gasteiger partial charge in [-0.25, -0.2) is 0 Å². The molecule has 2 amide bonds. The molecular formula is C29H35N3O3S. The fourth-order valence-corrected chi connectivity index (χ4v) is 5.04. The van der Waals surface area contributed by atoms with Crippen LogP contribution in [0.25, 0.3) is 0 Å². The number of benzene rings is 2. The van der Waals surface area contributed by atoms with Crippen molar-refractivity contribution in [2.75, 3.05) is 45.9 Å². The molecule has 190 valence electrons. The number of amides is 2. The van der Waals surface area contributed by atoms with Gasteiger partial charge in [0, 0.05) is 44.0 Å². The highest BCUT2D eigenvalue weighted by Gasteiger charge is 2.23. The van der Waals surface area contributed by atoms with Crippen LogP contribution in [0.5, 0.6) is 0 Å². The van der Waals surface area contributed by atoms with Crippen LogP contribution in [0.1, 0.15) is 22.4 Å². The van der Waals surface area contributed by atoms with Crippen LogP contribution < -0.4 is 0 Å². The molecule has 7 heteroatoms. The first kappa shape index (κ1) is 26.1. The SMILES string of the molecule is O=C(CCc1ccccc1)N(CCN1CCOCC1)CC(=O)N(Cc1ccccc1)Cc1cccs1. The summed E-state index contributed by atoms with van der Waals surface area (Å²) in [4.78, 5) is 34.0. The third-order valence-corrected chi connectivity index (χ3v) is 7.30. The summed E-state index contributed by atoms with van der Waals surface area (Å²) in [5, 5.41) is 2.03. The van der Waals surface area contributed by atoms with Gasteiger partial charge in [-0.3, -0.25) is 14.5 Å². The summed E-state index contributed by atoms with van der Waals surface area (Å²) in [5.41, 5.74) is 2.21. The van der Waals surface area contributed by atoms with E-state index in [1.807, 2.05) is 77.0 Å². The molecule has 3 aromatic rings. The fraction of sp³-hybridized carbons (Fsp3) is 0.379. The normalized spacial score (nSPS) is 13.9. The molecule has 0 aliphatic carbocycles. The van der Waals surface area contributed by atoms with E-state index in [-0.39, 0.29) is 18.4 Å². The first-order chi connectivity index (χ1) is 17.7. The topological polar surface area (TPSA) is 53.1 Å². The quantitative estimate of drug-likeness (QED) is 0.372. The number of ether oxygens (including phenoxy) is 1. The van der Waals surface area contributed by atoms with Gasteiger partial charge in [-0.2, -0.15) is 0 Å². The molecule has 0 bridgehead atoms. The Bertz CT molecular complexity index is 1050. The maximum Gasteiger partial charge on any atom is 0.242 e. The van der Waals surface area contributed by atoms with E-state index in [9.17, 15) is 9.59 Å². The van der Waals surface area contributed by atoms with Crippen molar-refractivity contribution in [1.29, 1.82) is 0 Å². The predicted molar refractivity (Wildman–Crippen MR) is 144 cm³/mol. The number of carbonyl (C=O) groups excluding carboxylic acids is 2. The molecule has 0 radical (unpaired) electrons. The zero-order valence-electron chi connectivity index (χ0n) is 20.8. The van der Waals surface area contributed by atoms with Gasteiger partial charge in [0.05, 0.1) is 26.3 Å². The molecular weight excluding hydrogens is 470 g/mol. The van der Waals surface area contributed by atoms with Gasteiger partial charge in [0.25, 0.3) is 0 Å². The Morgan fingerprint density at radius 3 is 2.17 bits per heavy atom. The van der Waals surface area contributed by atoms with E-state index in [0.29, 0.717) is 45.7 Å². The van der Waals surface area contributed by atoms with Crippen LogP contribution in [0.15, 0.2) is 78.2 Å². The van der Waals surface area contributed by atoms with E-state index < -0.39 is 0 Å². The average Bonchev–Trinajstić information content (AvgIpc) is 3.44. The third kappa shape index (κ3) is 8.29. The van der Waals surface area contributed by atoms with E-state index >= 15 is 0 Å².